The van der Waals surface area contributed by atoms with Crippen molar-refractivity contribution in [3.05, 3.63) is 29.8 Å². The van der Waals surface area contributed by atoms with Crippen LogP contribution in [0.2, 0.25) is 0 Å². The number of methoxy groups -OCH3 is 2. The standard InChI is InChI=1S/C18H26N2O5/c1-12(16(25-3)13-6-8-15(24-2)9-7-13)19-18(23)20-10-4-5-14(11-20)17(21)22/h6-9,12,14,16H,4-5,10-11H2,1-3H3,(H,19,23)(H,21,22). The number of hydrogen-bond acceptors (Lipinski definition) is 4. The lowest BCUT2D eigenvalue weighted by molar-refractivity contribution is -0.143. The van der Waals surface area contributed by atoms with Gasteiger partial charge in [-0.15, -0.1) is 0 Å². The van der Waals surface area contributed by atoms with E-state index in [1.165, 1.54) is 0 Å². The maximum Gasteiger partial charge on any atom is 0.317 e. The molecule has 2 amide bonds. The van der Waals surface area contributed by atoms with Gasteiger partial charge in [-0.05, 0) is 37.5 Å². The molecule has 1 saturated heterocycles. The van der Waals surface area contributed by atoms with E-state index in [1.807, 2.05) is 31.2 Å². The zero-order valence-corrected chi connectivity index (χ0v) is 14.9. The Kier molecular flexibility index (Phi) is 6.64. The van der Waals surface area contributed by atoms with Crippen LogP contribution in [0.3, 0.4) is 0 Å². The van der Waals surface area contributed by atoms with E-state index in [9.17, 15) is 9.59 Å². The number of carbonyl (C=O) groups excluding carboxylic acids is 1. The van der Waals surface area contributed by atoms with Crippen LogP contribution in [0.25, 0.3) is 0 Å². The number of carbonyl (C=O) groups is 2. The highest BCUT2D eigenvalue weighted by Crippen LogP contribution is 2.24. The Morgan fingerprint density at radius 2 is 1.96 bits per heavy atom. The topological polar surface area (TPSA) is 88.1 Å². The van der Waals surface area contributed by atoms with Gasteiger partial charge in [0.15, 0.2) is 0 Å². The van der Waals surface area contributed by atoms with Gasteiger partial charge in [0.2, 0.25) is 0 Å². The lowest BCUT2D eigenvalue weighted by Gasteiger charge is -2.33. The number of rotatable bonds is 6. The predicted molar refractivity (Wildman–Crippen MR) is 92.7 cm³/mol. The first-order valence-corrected chi connectivity index (χ1v) is 8.41. The van der Waals surface area contributed by atoms with Crippen LogP contribution in [0.5, 0.6) is 5.75 Å². The minimum absolute atomic E-state index is 0.244. The number of aliphatic carboxylic acids is 1. The number of carboxylic acids is 1. The van der Waals surface area contributed by atoms with Crippen LogP contribution in [0.4, 0.5) is 4.79 Å². The molecule has 1 aromatic rings. The summed E-state index contributed by atoms with van der Waals surface area (Å²) in [5.74, 6) is -0.587. The summed E-state index contributed by atoms with van der Waals surface area (Å²) in [4.78, 5) is 25.2. The van der Waals surface area contributed by atoms with Crippen molar-refractivity contribution < 1.29 is 24.2 Å². The van der Waals surface area contributed by atoms with Gasteiger partial charge in [0, 0.05) is 20.2 Å². The van der Waals surface area contributed by atoms with Gasteiger partial charge in [0.05, 0.1) is 19.1 Å². The second kappa shape index (κ2) is 8.71. The summed E-state index contributed by atoms with van der Waals surface area (Å²) >= 11 is 0. The summed E-state index contributed by atoms with van der Waals surface area (Å²) in [6.07, 6.45) is 1.00. The molecule has 0 saturated carbocycles. The van der Waals surface area contributed by atoms with E-state index in [4.69, 9.17) is 14.6 Å². The first-order chi connectivity index (χ1) is 12.0. The molecular formula is C18H26N2O5. The third-order valence-electron chi connectivity index (χ3n) is 4.56. The summed E-state index contributed by atoms with van der Waals surface area (Å²) in [6.45, 7) is 2.69. The minimum atomic E-state index is -0.849. The molecule has 0 aliphatic carbocycles. The Morgan fingerprint density at radius 1 is 1.28 bits per heavy atom. The average molecular weight is 350 g/mol. The van der Waals surface area contributed by atoms with Gasteiger partial charge in [-0.2, -0.15) is 0 Å². The number of amides is 2. The van der Waals surface area contributed by atoms with Crippen molar-refractivity contribution >= 4 is 12.0 Å². The number of nitrogens with zero attached hydrogens (tertiary/aromatic N) is 1. The van der Waals surface area contributed by atoms with Crippen molar-refractivity contribution in [3.8, 4) is 5.75 Å². The zero-order valence-electron chi connectivity index (χ0n) is 14.9. The van der Waals surface area contributed by atoms with Crippen molar-refractivity contribution in [1.82, 2.24) is 10.2 Å². The summed E-state index contributed by atoms with van der Waals surface area (Å²) in [6, 6.07) is 6.97. The molecule has 0 bridgehead atoms. The van der Waals surface area contributed by atoms with E-state index in [1.54, 1.807) is 19.1 Å². The molecule has 3 unspecified atom stereocenters. The maximum absolute atomic E-state index is 12.5. The first-order valence-electron chi connectivity index (χ1n) is 8.41. The number of benzene rings is 1. The van der Waals surface area contributed by atoms with Crippen molar-refractivity contribution in [1.29, 1.82) is 0 Å². The van der Waals surface area contributed by atoms with Crippen molar-refractivity contribution in [3.63, 3.8) is 0 Å². The van der Waals surface area contributed by atoms with Crippen LogP contribution in [0, 0.1) is 5.92 Å². The molecule has 25 heavy (non-hydrogen) atoms. The monoisotopic (exact) mass is 350 g/mol. The second-order valence-corrected chi connectivity index (χ2v) is 6.29. The van der Waals surface area contributed by atoms with E-state index in [0.29, 0.717) is 19.4 Å². The van der Waals surface area contributed by atoms with Gasteiger partial charge in [-0.1, -0.05) is 12.1 Å². The van der Waals surface area contributed by atoms with Crippen LogP contribution >= 0.6 is 0 Å². The minimum Gasteiger partial charge on any atom is -0.497 e. The highest BCUT2D eigenvalue weighted by Gasteiger charge is 2.30. The van der Waals surface area contributed by atoms with Crippen LogP contribution in [-0.4, -0.2) is 55.4 Å². The van der Waals surface area contributed by atoms with E-state index >= 15 is 0 Å². The molecule has 0 spiro atoms. The first kappa shape index (κ1) is 19.1. The largest absolute Gasteiger partial charge is 0.497 e. The third-order valence-corrected chi connectivity index (χ3v) is 4.56. The van der Waals surface area contributed by atoms with Gasteiger partial charge >= 0.3 is 12.0 Å². The molecule has 7 heteroatoms. The normalized spacial score (nSPS) is 19.8. The molecule has 7 nitrogen and oxygen atoms in total. The fraction of sp³-hybridized carbons (Fsp3) is 0.556. The zero-order chi connectivity index (χ0) is 18.4. The Labute approximate surface area is 147 Å². The summed E-state index contributed by atoms with van der Waals surface area (Å²) in [5, 5.41) is 12.1. The van der Waals surface area contributed by atoms with E-state index in [-0.39, 0.29) is 24.7 Å². The Balaban J connectivity index is 1.99. The quantitative estimate of drug-likeness (QED) is 0.822. The molecule has 0 aromatic heterocycles. The van der Waals surface area contributed by atoms with Crippen molar-refractivity contribution in [2.45, 2.75) is 31.9 Å². The lowest BCUT2D eigenvalue weighted by Crippen LogP contribution is -2.50. The number of ether oxygens (including phenoxy) is 2. The van der Waals surface area contributed by atoms with Crippen LogP contribution in [-0.2, 0) is 9.53 Å². The Morgan fingerprint density at radius 3 is 2.52 bits per heavy atom. The summed E-state index contributed by atoms with van der Waals surface area (Å²) in [7, 11) is 3.20. The van der Waals surface area contributed by atoms with Gasteiger partial charge in [-0.3, -0.25) is 4.79 Å². The smallest absolute Gasteiger partial charge is 0.317 e. The fourth-order valence-corrected chi connectivity index (χ4v) is 3.15. The molecule has 2 N–H and O–H groups in total. The Hall–Kier alpha value is -2.28. The average Bonchev–Trinajstić information content (AvgIpc) is 2.63. The number of urea groups is 1. The molecule has 1 aromatic carbocycles. The highest BCUT2D eigenvalue weighted by atomic mass is 16.5. The highest BCUT2D eigenvalue weighted by molar-refractivity contribution is 5.76. The number of likely N-dealkylation sites (tertiary alicyclic amines) is 1. The second-order valence-electron chi connectivity index (χ2n) is 6.29. The van der Waals surface area contributed by atoms with Gasteiger partial charge in [0.1, 0.15) is 11.9 Å². The predicted octanol–water partition coefficient (Wildman–Crippen LogP) is 2.28. The van der Waals surface area contributed by atoms with E-state index in [0.717, 1.165) is 11.3 Å². The third kappa shape index (κ3) is 4.85. The van der Waals surface area contributed by atoms with Gasteiger partial charge < -0.3 is 24.8 Å². The van der Waals surface area contributed by atoms with Gasteiger partial charge in [0.25, 0.3) is 0 Å². The number of carboxylic acid groups (broad SMARTS) is 1. The van der Waals surface area contributed by atoms with Crippen molar-refractivity contribution in [2.24, 2.45) is 5.92 Å². The van der Waals surface area contributed by atoms with Gasteiger partial charge in [-0.25, -0.2) is 4.79 Å². The van der Waals surface area contributed by atoms with E-state index < -0.39 is 11.9 Å². The molecule has 1 aliphatic heterocycles. The summed E-state index contributed by atoms with van der Waals surface area (Å²) < 4.78 is 10.7. The molecular weight excluding hydrogens is 324 g/mol. The molecule has 0 radical (unpaired) electrons. The Bertz CT molecular complexity index is 590. The molecule has 1 fully saturated rings. The van der Waals surface area contributed by atoms with Crippen LogP contribution in [0.15, 0.2) is 24.3 Å². The van der Waals surface area contributed by atoms with Crippen LogP contribution in [0.1, 0.15) is 31.4 Å². The SMILES string of the molecule is COc1ccc(C(OC)C(C)NC(=O)N2CCCC(C(=O)O)C2)cc1. The molecule has 3 atom stereocenters. The fourth-order valence-electron chi connectivity index (χ4n) is 3.15. The van der Waals surface area contributed by atoms with Crippen molar-refractivity contribution in [2.75, 3.05) is 27.3 Å². The number of hydrogen-bond donors (Lipinski definition) is 2. The van der Waals surface area contributed by atoms with Crippen LogP contribution < -0.4 is 10.1 Å². The number of nitrogens with one attached hydrogen (secondary N) is 1. The summed E-state index contributed by atoms with van der Waals surface area (Å²) in [5.41, 5.74) is 0.929. The molecule has 138 valence electrons. The molecule has 2 rings (SSSR count). The maximum atomic E-state index is 12.5. The number of piperidine rings is 1. The van der Waals surface area contributed by atoms with E-state index in [2.05, 4.69) is 5.32 Å². The molecule has 1 aliphatic rings. The lowest BCUT2D eigenvalue weighted by atomic mass is 9.98. The molecule has 1 heterocycles.